The number of hydrogen-bond donors (Lipinski definition) is 0. The van der Waals surface area contributed by atoms with Crippen molar-refractivity contribution in [2.75, 3.05) is 27.9 Å². The van der Waals surface area contributed by atoms with Crippen LogP contribution in [0.25, 0.3) is 0 Å². The zero-order valence-electron chi connectivity index (χ0n) is 15.5. The topological polar surface area (TPSA) is 71.1 Å². The molecular weight excluding hydrogens is 356 g/mol. The summed E-state index contributed by atoms with van der Waals surface area (Å²) in [6.45, 7) is 3.54. The van der Waals surface area contributed by atoms with E-state index in [1.165, 1.54) is 21.3 Å². The molecule has 6 nitrogen and oxygen atoms in total. The summed E-state index contributed by atoms with van der Waals surface area (Å²) in [6.07, 6.45) is -0.00829. The van der Waals surface area contributed by atoms with E-state index in [-0.39, 0.29) is 18.8 Å². The van der Waals surface area contributed by atoms with Gasteiger partial charge in [0.15, 0.2) is 18.1 Å². The number of rotatable bonds is 8. The highest BCUT2D eigenvalue weighted by Crippen LogP contribution is 2.38. The quantitative estimate of drug-likeness (QED) is 0.518. The third-order valence-electron chi connectivity index (χ3n) is 3.78. The molecule has 0 spiro atoms. The zero-order valence-corrected chi connectivity index (χ0v) is 16.3. The number of Topliss-reactive ketones (excluding diaryl/α,β-unsaturated/α-hetero) is 1. The summed E-state index contributed by atoms with van der Waals surface area (Å²) < 4.78 is 20.9. The lowest BCUT2D eigenvalue weighted by atomic mass is 10.1. The molecule has 0 aliphatic rings. The Kier molecular flexibility index (Phi) is 6.63. The summed E-state index contributed by atoms with van der Waals surface area (Å²) in [7, 11) is 4.51. The lowest BCUT2D eigenvalue weighted by Crippen LogP contribution is -2.16. The fourth-order valence-electron chi connectivity index (χ4n) is 2.59. The number of aryl methyl sites for hydroxylation is 2. The molecule has 2 rings (SSSR count). The number of hydrogen-bond acceptors (Lipinski definition) is 7. The molecule has 0 atom stereocenters. The van der Waals surface area contributed by atoms with Crippen LogP contribution in [0.3, 0.4) is 0 Å². The molecule has 1 aromatic carbocycles. The summed E-state index contributed by atoms with van der Waals surface area (Å²) >= 11 is 1.55. The van der Waals surface area contributed by atoms with Crippen molar-refractivity contribution in [3.8, 4) is 17.2 Å². The first-order chi connectivity index (χ1) is 12.4. The van der Waals surface area contributed by atoms with Crippen LogP contribution in [0.2, 0.25) is 0 Å². The standard InChI is InChI=1S/C19H22O6S/c1-11-6-14(12(2)26-11)15(20)10-25-18(21)9-13-7-16(22-3)19(24-5)17(8-13)23-4/h6-8H,9-10H2,1-5H3. The van der Waals surface area contributed by atoms with E-state index in [9.17, 15) is 9.59 Å². The van der Waals surface area contributed by atoms with Crippen molar-refractivity contribution < 1.29 is 28.5 Å². The molecule has 0 N–H and O–H groups in total. The number of esters is 1. The highest BCUT2D eigenvalue weighted by Gasteiger charge is 2.17. The lowest BCUT2D eigenvalue weighted by Gasteiger charge is -2.14. The van der Waals surface area contributed by atoms with Crippen molar-refractivity contribution in [3.63, 3.8) is 0 Å². The van der Waals surface area contributed by atoms with E-state index in [2.05, 4.69) is 0 Å². The van der Waals surface area contributed by atoms with E-state index in [0.717, 1.165) is 9.75 Å². The maximum absolute atomic E-state index is 12.2. The van der Waals surface area contributed by atoms with E-state index >= 15 is 0 Å². The Balaban J connectivity index is 2.03. The molecule has 0 aliphatic carbocycles. The van der Waals surface area contributed by atoms with E-state index in [4.69, 9.17) is 18.9 Å². The number of carbonyl (C=O) groups is 2. The highest BCUT2D eigenvalue weighted by atomic mass is 32.1. The van der Waals surface area contributed by atoms with Gasteiger partial charge in [-0.15, -0.1) is 11.3 Å². The average molecular weight is 378 g/mol. The molecule has 140 valence electrons. The molecule has 1 heterocycles. The van der Waals surface area contributed by atoms with Gasteiger partial charge in [-0.25, -0.2) is 0 Å². The second-order valence-electron chi connectivity index (χ2n) is 5.62. The summed E-state index contributed by atoms with van der Waals surface area (Å²) in [5.41, 5.74) is 1.24. The number of ether oxygens (including phenoxy) is 4. The number of thiophene rings is 1. The Hall–Kier alpha value is -2.54. The normalized spacial score (nSPS) is 10.3. The predicted molar refractivity (Wildman–Crippen MR) is 98.9 cm³/mol. The molecular formula is C19H22O6S. The maximum atomic E-state index is 12.2. The molecule has 2 aromatic rings. The third kappa shape index (κ3) is 4.54. The van der Waals surface area contributed by atoms with E-state index in [0.29, 0.717) is 28.4 Å². The summed E-state index contributed by atoms with van der Waals surface area (Å²) in [5.74, 6) is 0.651. The van der Waals surface area contributed by atoms with Crippen molar-refractivity contribution in [3.05, 3.63) is 39.1 Å². The van der Waals surface area contributed by atoms with Crippen molar-refractivity contribution in [1.29, 1.82) is 0 Å². The number of methoxy groups -OCH3 is 3. The Morgan fingerprint density at radius 1 is 0.962 bits per heavy atom. The fourth-order valence-corrected chi connectivity index (χ4v) is 3.53. The first kappa shape index (κ1) is 19.8. The Morgan fingerprint density at radius 2 is 1.58 bits per heavy atom. The Labute approximate surface area is 156 Å². The lowest BCUT2D eigenvalue weighted by molar-refractivity contribution is -0.141. The van der Waals surface area contributed by atoms with Crippen LogP contribution in [0.15, 0.2) is 18.2 Å². The molecule has 7 heteroatoms. The minimum Gasteiger partial charge on any atom is -0.493 e. The Morgan fingerprint density at radius 3 is 2.04 bits per heavy atom. The molecule has 0 radical (unpaired) electrons. The number of carbonyl (C=O) groups excluding carboxylic acids is 2. The largest absolute Gasteiger partial charge is 0.493 e. The predicted octanol–water partition coefficient (Wildman–Crippen LogP) is 3.36. The number of ketones is 1. The van der Waals surface area contributed by atoms with Gasteiger partial charge < -0.3 is 18.9 Å². The van der Waals surface area contributed by atoms with Crippen LogP contribution in [0, 0.1) is 13.8 Å². The van der Waals surface area contributed by atoms with Crippen LogP contribution in [-0.2, 0) is 16.0 Å². The average Bonchev–Trinajstić information content (AvgIpc) is 2.96. The third-order valence-corrected chi connectivity index (χ3v) is 4.74. The SMILES string of the molecule is COc1cc(CC(=O)OCC(=O)c2cc(C)sc2C)cc(OC)c1OC. The van der Waals surface area contributed by atoms with Crippen LogP contribution in [-0.4, -0.2) is 39.7 Å². The van der Waals surface area contributed by atoms with Crippen molar-refractivity contribution in [2.45, 2.75) is 20.3 Å². The molecule has 1 aromatic heterocycles. The molecule has 26 heavy (non-hydrogen) atoms. The maximum Gasteiger partial charge on any atom is 0.310 e. The summed E-state index contributed by atoms with van der Waals surface area (Å²) in [5, 5.41) is 0. The van der Waals surface area contributed by atoms with Gasteiger partial charge in [0.1, 0.15) is 0 Å². The van der Waals surface area contributed by atoms with Gasteiger partial charge in [0.25, 0.3) is 0 Å². The van der Waals surface area contributed by atoms with Crippen LogP contribution >= 0.6 is 11.3 Å². The fraction of sp³-hybridized carbons (Fsp3) is 0.368. The van der Waals surface area contributed by atoms with Crippen LogP contribution in [0.5, 0.6) is 17.2 Å². The van der Waals surface area contributed by atoms with Gasteiger partial charge >= 0.3 is 5.97 Å². The first-order valence-corrected chi connectivity index (χ1v) is 8.76. The van der Waals surface area contributed by atoms with E-state index in [1.807, 2.05) is 19.9 Å². The van der Waals surface area contributed by atoms with Gasteiger partial charge in [0, 0.05) is 15.3 Å². The molecule has 0 saturated heterocycles. The molecule has 0 bridgehead atoms. The van der Waals surface area contributed by atoms with E-state index in [1.54, 1.807) is 23.5 Å². The number of benzene rings is 1. The molecule has 0 saturated carbocycles. The van der Waals surface area contributed by atoms with Gasteiger partial charge in [-0.1, -0.05) is 0 Å². The Bertz CT molecular complexity index is 783. The van der Waals surface area contributed by atoms with Crippen LogP contribution in [0.1, 0.15) is 25.7 Å². The van der Waals surface area contributed by atoms with Crippen molar-refractivity contribution in [2.24, 2.45) is 0 Å². The van der Waals surface area contributed by atoms with Crippen molar-refractivity contribution in [1.82, 2.24) is 0 Å². The second-order valence-corrected chi connectivity index (χ2v) is 7.08. The molecule has 0 unspecified atom stereocenters. The van der Waals surface area contributed by atoms with Crippen LogP contribution < -0.4 is 14.2 Å². The van der Waals surface area contributed by atoms with Gasteiger partial charge in [0.05, 0.1) is 27.8 Å². The van der Waals surface area contributed by atoms with Gasteiger partial charge in [0.2, 0.25) is 11.5 Å². The zero-order chi connectivity index (χ0) is 19.3. The molecule has 0 aliphatic heterocycles. The van der Waals surface area contributed by atoms with Gasteiger partial charge in [-0.3, -0.25) is 9.59 Å². The summed E-state index contributed by atoms with van der Waals surface area (Å²) in [4.78, 5) is 26.3. The highest BCUT2D eigenvalue weighted by molar-refractivity contribution is 7.12. The van der Waals surface area contributed by atoms with Crippen LogP contribution in [0.4, 0.5) is 0 Å². The van der Waals surface area contributed by atoms with Gasteiger partial charge in [-0.2, -0.15) is 0 Å². The summed E-state index contributed by atoms with van der Waals surface area (Å²) in [6, 6.07) is 5.17. The van der Waals surface area contributed by atoms with Crippen molar-refractivity contribution >= 4 is 23.1 Å². The molecule has 0 fully saturated rings. The monoisotopic (exact) mass is 378 g/mol. The smallest absolute Gasteiger partial charge is 0.310 e. The second kappa shape index (κ2) is 8.71. The van der Waals surface area contributed by atoms with Gasteiger partial charge in [-0.05, 0) is 37.6 Å². The minimum atomic E-state index is -0.503. The first-order valence-electron chi connectivity index (χ1n) is 7.94. The van der Waals surface area contributed by atoms with E-state index < -0.39 is 5.97 Å². The molecule has 0 amide bonds. The minimum absolute atomic E-state index is 0.00829.